The van der Waals surface area contributed by atoms with Gasteiger partial charge in [-0.15, -0.1) is 0 Å². The van der Waals surface area contributed by atoms with Crippen LogP contribution in [0, 0.1) is 0 Å². The third kappa shape index (κ3) is 5.90. The summed E-state index contributed by atoms with van der Waals surface area (Å²) in [6.07, 6.45) is -0.820. The lowest BCUT2D eigenvalue weighted by atomic mass is 10.2. The molecule has 0 radical (unpaired) electrons. The van der Waals surface area contributed by atoms with Crippen LogP contribution in [0.3, 0.4) is 0 Å². The van der Waals surface area contributed by atoms with Gasteiger partial charge in [-0.3, -0.25) is 15.0 Å². The molecule has 12 heteroatoms. The summed E-state index contributed by atoms with van der Waals surface area (Å²) in [4.78, 5) is 34.7. The zero-order valence-electron chi connectivity index (χ0n) is 15.3. The van der Waals surface area contributed by atoms with Gasteiger partial charge in [-0.05, 0) is 31.2 Å². The number of sulfonamides is 1. The van der Waals surface area contributed by atoms with Crippen molar-refractivity contribution in [1.29, 1.82) is 0 Å². The fourth-order valence-corrected chi connectivity index (χ4v) is 3.72. The summed E-state index contributed by atoms with van der Waals surface area (Å²) >= 11 is 0. The summed E-state index contributed by atoms with van der Waals surface area (Å²) in [5.74, 6) is -1.23. The van der Waals surface area contributed by atoms with E-state index in [1.807, 2.05) is 5.43 Å². The van der Waals surface area contributed by atoms with Crippen LogP contribution in [-0.4, -0.2) is 70.1 Å². The molecule has 0 unspecified atom stereocenters. The third-order valence-corrected chi connectivity index (χ3v) is 5.63. The van der Waals surface area contributed by atoms with Crippen LogP contribution < -0.4 is 16.2 Å². The molecule has 0 bridgehead atoms. The van der Waals surface area contributed by atoms with Crippen molar-refractivity contribution >= 4 is 27.9 Å². The minimum absolute atomic E-state index is 0.0716. The van der Waals surface area contributed by atoms with E-state index in [2.05, 4.69) is 15.5 Å². The maximum atomic E-state index is 12.5. The van der Waals surface area contributed by atoms with E-state index in [9.17, 15) is 22.8 Å². The minimum Gasteiger partial charge on any atom is -0.449 e. The van der Waals surface area contributed by atoms with E-state index < -0.39 is 27.9 Å². The van der Waals surface area contributed by atoms with E-state index in [-0.39, 0.29) is 36.7 Å². The molecular formula is C16H22N4O7S. The smallest absolute Gasteiger partial charge is 0.426 e. The fraction of sp³-hybridized carbons (Fsp3) is 0.438. The molecule has 0 aromatic heterocycles. The second kappa shape index (κ2) is 10.0. The van der Waals surface area contributed by atoms with E-state index in [1.54, 1.807) is 6.92 Å². The number of morpholine rings is 1. The van der Waals surface area contributed by atoms with Crippen LogP contribution in [0.5, 0.6) is 0 Å². The Kier molecular flexibility index (Phi) is 7.72. The van der Waals surface area contributed by atoms with Gasteiger partial charge < -0.3 is 14.8 Å². The average molecular weight is 414 g/mol. The molecular weight excluding hydrogens is 392 g/mol. The van der Waals surface area contributed by atoms with Gasteiger partial charge in [0.25, 0.3) is 11.8 Å². The van der Waals surface area contributed by atoms with E-state index >= 15 is 0 Å². The lowest BCUT2D eigenvalue weighted by Crippen LogP contribution is -2.46. The van der Waals surface area contributed by atoms with Crippen molar-refractivity contribution in [1.82, 2.24) is 20.5 Å². The number of nitrogens with one attached hydrogen (secondary N) is 3. The Morgan fingerprint density at radius 2 is 1.75 bits per heavy atom. The maximum Gasteiger partial charge on any atom is 0.426 e. The van der Waals surface area contributed by atoms with Crippen molar-refractivity contribution in [3.8, 4) is 0 Å². The zero-order chi connectivity index (χ0) is 20.6. The Bertz CT molecular complexity index is 805. The summed E-state index contributed by atoms with van der Waals surface area (Å²) in [5, 5.41) is 2.36. The van der Waals surface area contributed by atoms with Gasteiger partial charge >= 0.3 is 6.09 Å². The average Bonchev–Trinajstić information content (AvgIpc) is 2.71. The molecule has 154 valence electrons. The highest BCUT2D eigenvalue weighted by molar-refractivity contribution is 7.89. The minimum atomic E-state index is -3.65. The molecule has 1 fully saturated rings. The van der Waals surface area contributed by atoms with Gasteiger partial charge in [0, 0.05) is 18.7 Å². The number of carbonyl (C=O) groups excluding carboxylic acids is 3. The number of rotatable bonds is 6. The molecule has 3 amide bonds. The highest BCUT2D eigenvalue weighted by Gasteiger charge is 2.26. The van der Waals surface area contributed by atoms with Gasteiger partial charge in [0.1, 0.15) is 0 Å². The Morgan fingerprint density at radius 3 is 2.36 bits per heavy atom. The van der Waals surface area contributed by atoms with E-state index in [0.717, 1.165) is 0 Å². The normalized spacial score (nSPS) is 14.8. The summed E-state index contributed by atoms with van der Waals surface area (Å²) in [6, 6.07) is 5.39. The topological polar surface area (TPSA) is 143 Å². The van der Waals surface area contributed by atoms with Crippen LogP contribution in [0.2, 0.25) is 0 Å². The Morgan fingerprint density at radius 1 is 1.11 bits per heavy atom. The quantitative estimate of drug-likeness (QED) is 0.518. The monoisotopic (exact) mass is 414 g/mol. The largest absolute Gasteiger partial charge is 0.449 e. The molecule has 0 saturated carbocycles. The fourth-order valence-electron chi connectivity index (χ4n) is 2.31. The number of ether oxygens (including phenoxy) is 2. The summed E-state index contributed by atoms with van der Waals surface area (Å²) in [6.45, 7) is 2.60. The second-order valence-corrected chi connectivity index (χ2v) is 7.56. The van der Waals surface area contributed by atoms with Gasteiger partial charge in [0.2, 0.25) is 10.0 Å². The number of carbonyl (C=O) groups is 3. The molecule has 1 saturated heterocycles. The van der Waals surface area contributed by atoms with Crippen molar-refractivity contribution < 1.29 is 32.3 Å². The molecule has 0 aliphatic carbocycles. The number of hydrogen-bond acceptors (Lipinski definition) is 7. The molecule has 3 N–H and O–H groups in total. The Labute approximate surface area is 162 Å². The van der Waals surface area contributed by atoms with Crippen LogP contribution in [0.4, 0.5) is 4.79 Å². The van der Waals surface area contributed by atoms with Gasteiger partial charge in [-0.1, -0.05) is 0 Å². The van der Waals surface area contributed by atoms with Crippen molar-refractivity contribution in [3.63, 3.8) is 0 Å². The molecule has 1 aromatic carbocycles. The number of hydrazine groups is 1. The highest BCUT2D eigenvalue weighted by Crippen LogP contribution is 2.17. The van der Waals surface area contributed by atoms with Crippen molar-refractivity contribution in [2.75, 3.05) is 39.5 Å². The molecule has 0 spiro atoms. The number of nitrogens with zero attached hydrogens (tertiary/aromatic N) is 1. The molecule has 1 aliphatic rings. The lowest BCUT2D eigenvalue weighted by molar-refractivity contribution is -0.121. The first-order chi connectivity index (χ1) is 13.3. The highest BCUT2D eigenvalue weighted by atomic mass is 32.2. The zero-order valence-corrected chi connectivity index (χ0v) is 16.1. The maximum absolute atomic E-state index is 12.5. The van der Waals surface area contributed by atoms with E-state index in [4.69, 9.17) is 4.74 Å². The Hall–Kier alpha value is -2.70. The first kappa shape index (κ1) is 21.6. The molecule has 1 aliphatic heterocycles. The van der Waals surface area contributed by atoms with Gasteiger partial charge in [0.15, 0.2) is 0 Å². The van der Waals surface area contributed by atoms with Crippen LogP contribution >= 0.6 is 0 Å². The molecule has 2 rings (SSSR count). The molecule has 28 heavy (non-hydrogen) atoms. The number of benzene rings is 1. The van der Waals surface area contributed by atoms with E-state index in [1.165, 1.54) is 28.6 Å². The first-order valence-corrected chi connectivity index (χ1v) is 9.96. The molecule has 11 nitrogen and oxygen atoms in total. The van der Waals surface area contributed by atoms with Gasteiger partial charge in [0.05, 0.1) is 31.3 Å². The molecule has 1 aromatic rings. The standard InChI is InChI=1S/C16H22N4O7S/c1-2-27-16(23)19-18-14(21)11-17-15(22)12-3-5-13(6-4-12)28(24,25)20-7-9-26-10-8-20/h3-6H,2,7-11H2,1H3,(H,17,22)(H,18,21)(H,19,23). The van der Waals surface area contributed by atoms with Crippen LogP contribution in [0.15, 0.2) is 29.2 Å². The summed E-state index contributed by atoms with van der Waals surface area (Å²) in [7, 11) is -3.65. The number of amides is 3. The predicted molar refractivity (Wildman–Crippen MR) is 96.7 cm³/mol. The number of hydrogen-bond donors (Lipinski definition) is 3. The van der Waals surface area contributed by atoms with Crippen LogP contribution in [0.25, 0.3) is 0 Å². The summed E-state index contributed by atoms with van der Waals surface area (Å²) in [5.41, 5.74) is 4.26. The SMILES string of the molecule is CCOC(=O)NNC(=O)CNC(=O)c1ccc(S(=O)(=O)N2CCOCC2)cc1. The van der Waals surface area contributed by atoms with Crippen molar-refractivity contribution in [2.45, 2.75) is 11.8 Å². The van der Waals surface area contributed by atoms with Crippen LogP contribution in [0.1, 0.15) is 17.3 Å². The van der Waals surface area contributed by atoms with Crippen molar-refractivity contribution in [3.05, 3.63) is 29.8 Å². The van der Waals surface area contributed by atoms with Gasteiger partial charge in [-0.25, -0.2) is 18.6 Å². The lowest BCUT2D eigenvalue weighted by Gasteiger charge is -2.26. The molecule has 0 atom stereocenters. The van der Waals surface area contributed by atoms with Crippen molar-refractivity contribution in [2.24, 2.45) is 0 Å². The second-order valence-electron chi connectivity index (χ2n) is 5.62. The predicted octanol–water partition coefficient (Wildman–Crippen LogP) is -0.785. The molecule has 1 heterocycles. The third-order valence-electron chi connectivity index (χ3n) is 3.71. The van der Waals surface area contributed by atoms with Crippen LogP contribution in [-0.2, 0) is 24.3 Å². The Balaban J connectivity index is 1.87. The van der Waals surface area contributed by atoms with E-state index in [0.29, 0.717) is 13.2 Å². The van der Waals surface area contributed by atoms with Gasteiger partial charge in [-0.2, -0.15) is 4.31 Å². The summed E-state index contributed by atoms with van der Waals surface area (Å²) < 4.78 is 36.1. The first-order valence-electron chi connectivity index (χ1n) is 8.52.